The summed E-state index contributed by atoms with van der Waals surface area (Å²) >= 11 is 0. The molecule has 1 fully saturated rings. The second-order valence-electron chi connectivity index (χ2n) is 8.00. The van der Waals surface area contributed by atoms with Gasteiger partial charge in [0.1, 0.15) is 6.04 Å². The van der Waals surface area contributed by atoms with E-state index in [0.717, 1.165) is 18.4 Å². The molecule has 0 spiro atoms. The number of hydrogen-bond acceptors (Lipinski definition) is 4. The van der Waals surface area contributed by atoms with E-state index in [1.807, 2.05) is 4.90 Å². The normalized spacial score (nSPS) is 20.2. The quantitative estimate of drug-likeness (QED) is 0.731. The molecular formula is C21H31N3O4S. The Balaban J connectivity index is 1.91. The van der Waals surface area contributed by atoms with Crippen molar-refractivity contribution >= 4 is 27.5 Å². The second-order valence-corrected chi connectivity index (χ2v) is 9.93. The van der Waals surface area contributed by atoms with E-state index in [-0.39, 0.29) is 16.7 Å². The summed E-state index contributed by atoms with van der Waals surface area (Å²) in [6, 6.07) is 4.24. The molecule has 0 saturated carbocycles. The first-order chi connectivity index (χ1) is 13.7. The SMILES string of the molecule is CCN(CC)S(=O)(=O)c1ccc2c(c1)C[C@@H](C(=O)N1CCC(C)CC1)N2C(C)=O. The summed E-state index contributed by atoms with van der Waals surface area (Å²) in [7, 11) is -3.59. The standard InChI is InChI=1S/C21H31N3O4S/c1-5-23(6-2)29(27,28)18-7-8-19-17(13-18)14-20(24(19)16(4)25)21(26)22-11-9-15(3)10-12-22/h7-8,13,15,20H,5-6,9-12,14H2,1-4H3/t20-/m0/s1. The summed E-state index contributed by atoms with van der Waals surface area (Å²) in [4.78, 5) is 29.1. The summed E-state index contributed by atoms with van der Waals surface area (Å²) in [5.74, 6) is 0.361. The number of anilines is 1. The van der Waals surface area contributed by atoms with Gasteiger partial charge in [-0.2, -0.15) is 4.31 Å². The first-order valence-corrected chi connectivity index (χ1v) is 11.9. The molecule has 3 rings (SSSR count). The summed E-state index contributed by atoms with van der Waals surface area (Å²) in [6.07, 6.45) is 2.29. The molecule has 2 aliphatic rings. The third kappa shape index (κ3) is 4.05. The average molecular weight is 422 g/mol. The first kappa shape index (κ1) is 21.8. The van der Waals surface area contributed by atoms with Crippen LogP contribution in [0.3, 0.4) is 0 Å². The van der Waals surface area contributed by atoms with Crippen molar-refractivity contribution in [1.82, 2.24) is 9.21 Å². The minimum absolute atomic E-state index is 0.0450. The minimum Gasteiger partial charge on any atom is -0.341 e. The molecule has 160 valence electrons. The summed E-state index contributed by atoms with van der Waals surface area (Å²) in [5.41, 5.74) is 1.37. The van der Waals surface area contributed by atoms with Gasteiger partial charge in [-0.15, -0.1) is 0 Å². The highest BCUT2D eigenvalue weighted by Gasteiger charge is 2.40. The Bertz CT molecular complexity index is 887. The van der Waals surface area contributed by atoms with Gasteiger partial charge in [-0.3, -0.25) is 14.5 Å². The van der Waals surface area contributed by atoms with Gasteiger partial charge in [0, 0.05) is 45.2 Å². The molecule has 0 N–H and O–H groups in total. The number of fused-ring (bicyclic) bond motifs is 1. The molecule has 1 atom stereocenters. The van der Waals surface area contributed by atoms with E-state index < -0.39 is 16.1 Å². The molecule has 8 heteroatoms. The number of nitrogens with zero attached hydrogens (tertiary/aromatic N) is 3. The largest absolute Gasteiger partial charge is 0.341 e. The van der Waals surface area contributed by atoms with Crippen LogP contribution in [0.5, 0.6) is 0 Å². The number of rotatable bonds is 5. The Labute approximate surface area is 173 Å². The Hall–Kier alpha value is -1.93. The zero-order valence-corrected chi connectivity index (χ0v) is 18.5. The van der Waals surface area contributed by atoms with Crippen LogP contribution in [0.2, 0.25) is 0 Å². The van der Waals surface area contributed by atoms with Crippen LogP contribution in [0.15, 0.2) is 23.1 Å². The van der Waals surface area contributed by atoms with Gasteiger partial charge in [-0.05, 0) is 42.5 Å². The average Bonchev–Trinajstić information content (AvgIpc) is 3.07. The maximum atomic E-state index is 13.2. The number of sulfonamides is 1. The van der Waals surface area contributed by atoms with Gasteiger partial charge in [0.25, 0.3) is 0 Å². The van der Waals surface area contributed by atoms with Crippen LogP contribution in [0.25, 0.3) is 0 Å². The number of carbonyl (C=O) groups excluding carboxylic acids is 2. The molecule has 0 aromatic heterocycles. The Morgan fingerprint density at radius 3 is 2.31 bits per heavy atom. The van der Waals surface area contributed by atoms with Crippen LogP contribution in [0.4, 0.5) is 5.69 Å². The van der Waals surface area contributed by atoms with E-state index in [9.17, 15) is 18.0 Å². The van der Waals surface area contributed by atoms with Crippen LogP contribution in [0, 0.1) is 5.92 Å². The molecule has 2 amide bonds. The lowest BCUT2D eigenvalue weighted by Gasteiger charge is -2.34. The van der Waals surface area contributed by atoms with Gasteiger partial charge in [0.05, 0.1) is 4.90 Å². The van der Waals surface area contributed by atoms with Crippen molar-refractivity contribution in [1.29, 1.82) is 0 Å². The van der Waals surface area contributed by atoms with Crippen molar-refractivity contribution in [3.05, 3.63) is 23.8 Å². The van der Waals surface area contributed by atoms with Crippen LogP contribution in [-0.4, -0.2) is 61.7 Å². The van der Waals surface area contributed by atoms with E-state index in [2.05, 4.69) is 6.92 Å². The van der Waals surface area contributed by atoms with Crippen LogP contribution < -0.4 is 4.90 Å². The molecule has 1 aromatic carbocycles. The third-order valence-corrected chi connectivity index (χ3v) is 8.14. The zero-order chi connectivity index (χ0) is 21.3. The number of benzene rings is 1. The lowest BCUT2D eigenvalue weighted by molar-refractivity contribution is -0.135. The van der Waals surface area contributed by atoms with E-state index in [1.165, 1.54) is 22.2 Å². The molecule has 7 nitrogen and oxygen atoms in total. The number of likely N-dealkylation sites (tertiary alicyclic amines) is 1. The van der Waals surface area contributed by atoms with E-state index in [1.54, 1.807) is 26.0 Å². The van der Waals surface area contributed by atoms with Crippen molar-refractivity contribution < 1.29 is 18.0 Å². The third-order valence-electron chi connectivity index (χ3n) is 6.10. The summed E-state index contributed by atoms with van der Waals surface area (Å²) < 4.78 is 27.2. The van der Waals surface area contributed by atoms with Crippen LogP contribution >= 0.6 is 0 Å². The fraction of sp³-hybridized carbons (Fsp3) is 0.619. The van der Waals surface area contributed by atoms with Crippen molar-refractivity contribution in [3.63, 3.8) is 0 Å². The van der Waals surface area contributed by atoms with Crippen molar-refractivity contribution in [3.8, 4) is 0 Å². The monoisotopic (exact) mass is 421 g/mol. The number of piperidine rings is 1. The highest BCUT2D eigenvalue weighted by Crippen LogP contribution is 2.36. The van der Waals surface area contributed by atoms with Crippen molar-refractivity contribution in [2.45, 2.75) is 57.9 Å². The fourth-order valence-electron chi connectivity index (χ4n) is 4.33. The highest BCUT2D eigenvalue weighted by atomic mass is 32.2. The molecule has 0 radical (unpaired) electrons. The number of carbonyl (C=O) groups is 2. The summed E-state index contributed by atoms with van der Waals surface area (Å²) in [6.45, 7) is 9.45. The predicted molar refractivity (Wildman–Crippen MR) is 112 cm³/mol. The van der Waals surface area contributed by atoms with E-state index >= 15 is 0 Å². The topological polar surface area (TPSA) is 78.0 Å². The van der Waals surface area contributed by atoms with Gasteiger partial charge >= 0.3 is 0 Å². The molecule has 0 unspecified atom stereocenters. The van der Waals surface area contributed by atoms with E-state index in [4.69, 9.17) is 0 Å². The second kappa shape index (κ2) is 8.44. The molecule has 29 heavy (non-hydrogen) atoms. The lowest BCUT2D eigenvalue weighted by Crippen LogP contribution is -2.51. The Morgan fingerprint density at radius 2 is 1.76 bits per heavy atom. The maximum Gasteiger partial charge on any atom is 0.246 e. The highest BCUT2D eigenvalue weighted by molar-refractivity contribution is 7.89. The van der Waals surface area contributed by atoms with Gasteiger partial charge in [-0.1, -0.05) is 20.8 Å². The zero-order valence-electron chi connectivity index (χ0n) is 17.7. The number of hydrogen-bond donors (Lipinski definition) is 0. The van der Waals surface area contributed by atoms with Gasteiger partial charge in [0.15, 0.2) is 0 Å². The minimum atomic E-state index is -3.59. The predicted octanol–water partition coefficient (Wildman–Crippen LogP) is 2.25. The van der Waals surface area contributed by atoms with Crippen LogP contribution in [0.1, 0.15) is 46.1 Å². The summed E-state index contributed by atoms with van der Waals surface area (Å²) in [5, 5.41) is 0. The van der Waals surface area contributed by atoms with Gasteiger partial charge < -0.3 is 4.90 Å². The first-order valence-electron chi connectivity index (χ1n) is 10.4. The maximum absolute atomic E-state index is 13.2. The van der Waals surface area contributed by atoms with Gasteiger partial charge in [-0.25, -0.2) is 8.42 Å². The van der Waals surface area contributed by atoms with Crippen molar-refractivity contribution in [2.24, 2.45) is 5.92 Å². The fourth-order valence-corrected chi connectivity index (χ4v) is 5.84. The lowest BCUT2D eigenvalue weighted by atomic mass is 9.98. The Morgan fingerprint density at radius 1 is 1.14 bits per heavy atom. The van der Waals surface area contributed by atoms with Crippen LogP contribution in [-0.2, 0) is 26.0 Å². The number of amides is 2. The smallest absolute Gasteiger partial charge is 0.246 e. The molecule has 1 saturated heterocycles. The molecule has 0 aliphatic carbocycles. The van der Waals surface area contributed by atoms with Crippen molar-refractivity contribution in [2.75, 3.05) is 31.1 Å². The molecule has 1 aromatic rings. The van der Waals surface area contributed by atoms with E-state index in [0.29, 0.717) is 44.2 Å². The molecular weight excluding hydrogens is 390 g/mol. The molecule has 0 bridgehead atoms. The Kier molecular flexibility index (Phi) is 6.33. The van der Waals surface area contributed by atoms with Gasteiger partial charge in [0.2, 0.25) is 21.8 Å². The molecule has 2 aliphatic heterocycles. The molecule has 2 heterocycles.